The van der Waals surface area contributed by atoms with Crippen molar-refractivity contribution in [2.45, 2.75) is 19.9 Å². The summed E-state index contributed by atoms with van der Waals surface area (Å²) < 4.78 is 7.41. The molecule has 0 N–H and O–H groups in total. The van der Waals surface area contributed by atoms with Crippen molar-refractivity contribution in [2.24, 2.45) is 0 Å². The molecule has 0 aliphatic rings. The number of para-hydroxylation sites is 1. The van der Waals surface area contributed by atoms with Gasteiger partial charge in [0.2, 0.25) is 0 Å². The van der Waals surface area contributed by atoms with Crippen molar-refractivity contribution in [3.63, 3.8) is 0 Å². The molecule has 0 saturated heterocycles. The number of fused-ring (bicyclic) bond motifs is 1. The fourth-order valence-electron chi connectivity index (χ4n) is 2.49. The molecule has 0 amide bonds. The van der Waals surface area contributed by atoms with Crippen LogP contribution in [0.1, 0.15) is 18.7 Å². The van der Waals surface area contributed by atoms with E-state index in [9.17, 15) is 9.59 Å². The maximum Gasteiger partial charge on any atom is 0.330 e. The first-order chi connectivity index (χ1) is 11.0. The number of carbonyl (C=O) groups is 1. The van der Waals surface area contributed by atoms with Crippen LogP contribution in [0.5, 0.6) is 0 Å². The zero-order chi connectivity index (χ0) is 16.6. The lowest BCUT2D eigenvalue weighted by atomic mass is 10.2. The molecule has 0 spiro atoms. The molecule has 1 aromatic carbocycles. The lowest BCUT2D eigenvalue weighted by molar-refractivity contribution is -0.144. The van der Waals surface area contributed by atoms with Gasteiger partial charge >= 0.3 is 5.97 Å². The molecule has 0 fully saturated rings. The van der Waals surface area contributed by atoms with Crippen LogP contribution in [0.25, 0.3) is 16.6 Å². The van der Waals surface area contributed by atoms with Crippen LogP contribution < -0.4 is 5.56 Å². The first-order valence-electron chi connectivity index (χ1n) is 7.15. The van der Waals surface area contributed by atoms with E-state index in [2.05, 4.69) is 10.2 Å². The Morgan fingerprint density at radius 2 is 1.96 bits per heavy atom. The summed E-state index contributed by atoms with van der Waals surface area (Å²) in [4.78, 5) is 24.6. The zero-order valence-electron chi connectivity index (χ0n) is 13.1. The highest BCUT2D eigenvalue weighted by molar-refractivity contribution is 5.82. The standard InChI is InChI=1S/C16H16N4O3/c1-10-13-9-17-20(12-7-5-4-6-8-12)14(13)15(21)19(18-10)11(2)16(22)23-3/h4-9,11H,1-3H3. The molecule has 0 aliphatic carbocycles. The number of esters is 1. The van der Waals surface area contributed by atoms with Gasteiger partial charge in [-0.2, -0.15) is 10.2 Å². The molecule has 0 radical (unpaired) electrons. The monoisotopic (exact) mass is 312 g/mol. The Hall–Kier alpha value is -2.96. The van der Waals surface area contributed by atoms with Crippen LogP contribution >= 0.6 is 0 Å². The predicted molar refractivity (Wildman–Crippen MR) is 84.6 cm³/mol. The molecule has 2 aromatic heterocycles. The van der Waals surface area contributed by atoms with Crippen LogP contribution in [0.15, 0.2) is 41.3 Å². The predicted octanol–water partition coefficient (Wildman–Crippen LogP) is 1.62. The van der Waals surface area contributed by atoms with Crippen LogP contribution in [-0.4, -0.2) is 32.6 Å². The van der Waals surface area contributed by atoms with Crippen LogP contribution in [0, 0.1) is 6.92 Å². The average Bonchev–Trinajstić information content (AvgIpc) is 3.03. The van der Waals surface area contributed by atoms with E-state index in [4.69, 9.17) is 4.74 Å². The van der Waals surface area contributed by atoms with Crippen molar-refractivity contribution in [3.05, 3.63) is 52.6 Å². The van der Waals surface area contributed by atoms with Gasteiger partial charge in [0.15, 0.2) is 6.04 Å². The van der Waals surface area contributed by atoms with E-state index < -0.39 is 12.0 Å². The molecule has 1 atom stereocenters. The Balaban J connectivity index is 2.30. The van der Waals surface area contributed by atoms with Gasteiger partial charge in [-0.25, -0.2) is 14.2 Å². The number of aromatic nitrogens is 4. The van der Waals surface area contributed by atoms with Gasteiger partial charge in [-0.05, 0) is 26.0 Å². The Morgan fingerprint density at radius 3 is 2.61 bits per heavy atom. The van der Waals surface area contributed by atoms with Gasteiger partial charge in [-0.1, -0.05) is 18.2 Å². The van der Waals surface area contributed by atoms with Crippen molar-refractivity contribution in [1.29, 1.82) is 0 Å². The van der Waals surface area contributed by atoms with Gasteiger partial charge in [-0.15, -0.1) is 0 Å². The average molecular weight is 312 g/mol. The van der Waals surface area contributed by atoms with E-state index in [1.54, 1.807) is 24.7 Å². The number of ether oxygens (including phenoxy) is 1. The zero-order valence-corrected chi connectivity index (χ0v) is 13.1. The minimum atomic E-state index is -0.810. The molecule has 7 heteroatoms. The third kappa shape index (κ3) is 2.40. The molecule has 7 nitrogen and oxygen atoms in total. The highest BCUT2D eigenvalue weighted by Gasteiger charge is 2.22. The number of methoxy groups -OCH3 is 1. The third-order valence-electron chi connectivity index (χ3n) is 3.74. The summed E-state index contributed by atoms with van der Waals surface area (Å²) in [5, 5.41) is 9.19. The number of aryl methyl sites for hydroxylation is 1. The van der Waals surface area contributed by atoms with Crippen LogP contribution in [-0.2, 0) is 9.53 Å². The van der Waals surface area contributed by atoms with Gasteiger partial charge in [0.25, 0.3) is 5.56 Å². The SMILES string of the molecule is COC(=O)C(C)n1nc(C)c2cnn(-c3ccccc3)c2c1=O. The quantitative estimate of drug-likeness (QED) is 0.687. The maximum absolute atomic E-state index is 12.8. The first-order valence-corrected chi connectivity index (χ1v) is 7.15. The highest BCUT2D eigenvalue weighted by Crippen LogP contribution is 2.18. The number of benzene rings is 1. The van der Waals surface area contributed by atoms with Gasteiger partial charge in [0.1, 0.15) is 5.52 Å². The fraction of sp³-hybridized carbons (Fsp3) is 0.250. The number of carbonyl (C=O) groups excluding carboxylic acids is 1. The Morgan fingerprint density at radius 1 is 1.26 bits per heavy atom. The minimum Gasteiger partial charge on any atom is -0.467 e. The fourth-order valence-corrected chi connectivity index (χ4v) is 2.49. The van der Waals surface area contributed by atoms with Gasteiger partial charge < -0.3 is 4.74 Å². The molecule has 118 valence electrons. The molecular formula is C16H16N4O3. The molecule has 0 aliphatic heterocycles. The summed E-state index contributed by atoms with van der Waals surface area (Å²) >= 11 is 0. The van der Waals surface area contributed by atoms with E-state index in [-0.39, 0.29) is 5.56 Å². The third-order valence-corrected chi connectivity index (χ3v) is 3.74. The molecule has 3 aromatic rings. The number of nitrogens with zero attached hydrogens (tertiary/aromatic N) is 4. The summed E-state index contributed by atoms with van der Waals surface area (Å²) in [6.07, 6.45) is 1.61. The Labute approximate surface area is 132 Å². The van der Waals surface area contributed by atoms with Crippen molar-refractivity contribution < 1.29 is 9.53 Å². The molecule has 3 rings (SSSR count). The summed E-state index contributed by atoms with van der Waals surface area (Å²) in [5.74, 6) is -0.524. The number of rotatable bonds is 3. The van der Waals surface area contributed by atoms with Crippen molar-refractivity contribution >= 4 is 16.9 Å². The van der Waals surface area contributed by atoms with Gasteiger partial charge in [0.05, 0.1) is 24.7 Å². The second kappa shape index (κ2) is 5.68. The second-order valence-electron chi connectivity index (χ2n) is 5.19. The number of hydrogen-bond acceptors (Lipinski definition) is 5. The molecule has 0 saturated carbocycles. The summed E-state index contributed by atoms with van der Waals surface area (Å²) in [7, 11) is 1.28. The maximum atomic E-state index is 12.8. The largest absolute Gasteiger partial charge is 0.467 e. The van der Waals surface area contributed by atoms with Crippen molar-refractivity contribution in [3.8, 4) is 5.69 Å². The van der Waals surface area contributed by atoms with E-state index in [1.807, 2.05) is 30.3 Å². The van der Waals surface area contributed by atoms with Crippen molar-refractivity contribution in [2.75, 3.05) is 7.11 Å². The molecular weight excluding hydrogens is 296 g/mol. The van der Waals surface area contributed by atoms with Crippen LogP contribution in [0.3, 0.4) is 0 Å². The minimum absolute atomic E-state index is 0.384. The van der Waals surface area contributed by atoms with Crippen LogP contribution in [0.2, 0.25) is 0 Å². The van der Waals surface area contributed by atoms with Gasteiger partial charge in [0, 0.05) is 5.39 Å². The molecule has 0 bridgehead atoms. The van der Waals surface area contributed by atoms with E-state index >= 15 is 0 Å². The summed E-state index contributed by atoms with van der Waals surface area (Å²) in [6.45, 7) is 3.36. The normalized spacial score (nSPS) is 12.3. The summed E-state index contributed by atoms with van der Waals surface area (Å²) in [6, 6.07) is 8.53. The van der Waals surface area contributed by atoms with E-state index in [0.29, 0.717) is 16.6 Å². The first kappa shape index (κ1) is 15.0. The topological polar surface area (TPSA) is 79.0 Å². The molecule has 1 unspecified atom stereocenters. The number of hydrogen-bond donors (Lipinski definition) is 0. The highest BCUT2D eigenvalue weighted by atomic mass is 16.5. The van der Waals surface area contributed by atoms with Crippen LogP contribution in [0.4, 0.5) is 0 Å². The van der Waals surface area contributed by atoms with Gasteiger partial charge in [-0.3, -0.25) is 4.79 Å². The lowest BCUT2D eigenvalue weighted by Gasteiger charge is -2.13. The molecule has 23 heavy (non-hydrogen) atoms. The second-order valence-corrected chi connectivity index (χ2v) is 5.19. The smallest absolute Gasteiger partial charge is 0.330 e. The lowest BCUT2D eigenvalue weighted by Crippen LogP contribution is -2.32. The Kier molecular flexibility index (Phi) is 3.69. The Bertz CT molecular complexity index is 928. The molecule has 2 heterocycles. The summed E-state index contributed by atoms with van der Waals surface area (Å²) in [5.41, 5.74) is 1.39. The van der Waals surface area contributed by atoms with E-state index in [0.717, 1.165) is 10.4 Å². The van der Waals surface area contributed by atoms with E-state index in [1.165, 1.54) is 7.11 Å². The van der Waals surface area contributed by atoms with Crippen molar-refractivity contribution in [1.82, 2.24) is 19.6 Å².